The molecule has 0 aliphatic heterocycles. The fourth-order valence-corrected chi connectivity index (χ4v) is 3.54. The maximum absolute atomic E-state index is 5.82. The van der Waals surface area contributed by atoms with Gasteiger partial charge in [-0.15, -0.1) is 0 Å². The molecular formula is C22H22INO3. The van der Waals surface area contributed by atoms with Crippen molar-refractivity contribution in [2.24, 2.45) is 0 Å². The molecule has 0 saturated carbocycles. The van der Waals surface area contributed by atoms with Crippen molar-refractivity contribution in [3.63, 3.8) is 0 Å². The molecule has 0 radical (unpaired) electrons. The summed E-state index contributed by atoms with van der Waals surface area (Å²) in [5, 5.41) is 3.43. The molecule has 3 rings (SSSR count). The maximum Gasteiger partial charge on any atom is 0.174 e. The van der Waals surface area contributed by atoms with E-state index in [0.717, 1.165) is 37.8 Å². The van der Waals surface area contributed by atoms with E-state index in [1.807, 2.05) is 67.6 Å². The number of nitrogens with one attached hydrogen (secondary N) is 1. The number of ether oxygens (including phenoxy) is 3. The van der Waals surface area contributed by atoms with E-state index in [9.17, 15) is 0 Å². The van der Waals surface area contributed by atoms with Gasteiger partial charge in [0.1, 0.15) is 11.5 Å². The van der Waals surface area contributed by atoms with E-state index in [1.54, 1.807) is 7.11 Å². The Balaban J connectivity index is 1.64. The third-order valence-corrected chi connectivity index (χ3v) is 4.70. The van der Waals surface area contributed by atoms with Gasteiger partial charge in [-0.3, -0.25) is 0 Å². The van der Waals surface area contributed by atoms with Gasteiger partial charge in [-0.25, -0.2) is 0 Å². The molecular weight excluding hydrogens is 453 g/mol. The summed E-state index contributed by atoms with van der Waals surface area (Å²) in [5.41, 5.74) is 2.16. The van der Waals surface area contributed by atoms with Crippen LogP contribution in [0.15, 0.2) is 66.7 Å². The summed E-state index contributed by atoms with van der Waals surface area (Å²) in [7, 11) is 1.66. The van der Waals surface area contributed by atoms with Gasteiger partial charge in [0.15, 0.2) is 11.5 Å². The Morgan fingerprint density at radius 2 is 1.63 bits per heavy atom. The fourth-order valence-electron chi connectivity index (χ4n) is 2.65. The molecule has 4 nitrogen and oxygen atoms in total. The first-order chi connectivity index (χ1) is 13.2. The van der Waals surface area contributed by atoms with Crippen LogP contribution in [-0.4, -0.2) is 13.7 Å². The van der Waals surface area contributed by atoms with E-state index in [2.05, 4.69) is 34.0 Å². The Kier molecular flexibility index (Phi) is 6.81. The number of rotatable bonds is 8. The van der Waals surface area contributed by atoms with Gasteiger partial charge in [0.2, 0.25) is 0 Å². The van der Waals surface area contributed by atoms with E-state index in [4.69, 9.17) is 14.2 Å². The molecule has 0 saturated heterocycles. The molecule has 0 fully saturated rings. The molecule has 0 heterocycles. The van der Waals surface area contributed by atoms with Crippen LogP contribution in [0.3, 0.4) is 0 Å². The minimum absolute atomic E-state index is 0.603. The highest BCUT2D eigenvalue weighted by molar-refractivity contribution is 14.1. The van der Waals surface area contributed by atoms with E-state index < -0.39 is 0 Å². The highest BCUT2D eigenvalue weighted by atomic mass is 127. The first-order valence-corrected chi connectivity index (χ1v) is 9.83. The lowest BCUT2D eigenvalue weighted by Crippen LogP contribution is -2.03. The first-order valence-electron chi connectivity index (χ1n) is 8.75. The molecule has 0 amide bonds. The summed E-state index contributed by atoms with van der Waals surface area (Å²) in [6.45, 7) is 3.27. The molecule has 5 heteroatoms. The number of hydrogen-bond donors (Lipinski definition) is 1. The predicted octanol–water partition coefficient (Wildman–Crippen LogP) is 6.10. The smallest absolute Gasteiger partial charge is 0.174 e. The standard InChI is InChI=1S/C22H22INO3/c1-3-26-21-14-16(13-20(23)22(21)25-2)15-24-17-9-11-19(12-10-17)27-18-7-5-4-6-8-18/h4-14,24H,3,15H2,1-2H3. The maximum atomic E-state index is 5.82. The van der Waals surface area contributed by atoms with Crippen molar-refractivity contribution >= 4 is 28.3 Å². The molecule has 27 heavy (non-hydrogen) atoms. The van der Waals surface area contributed by atoms with Crippen molar-refractivity contribution in [2.75, 3.05) is 19.0 Å². The summed E-state index contributed by atoms with van der Waals surface area (Å²) in [6, 6.07) is 21.8. The van der Waals surface area contributed by atoms with E-state index in [0.29, 0.717) is 13.2 Å². The van der Waals surface area contributed by atoms with Crippen LogP contribution >= 0.6 is 22.6 Å². The lowest BCUT2D eigenvalue weighted by molar-refractivity contribution is 0.309. The van der Waals surface area contributed by atoms with Crippen LogP contribution in [0, 0.1) is 3.57 Å². The van der Waals surface area contributed by atoms with Gasteiger partial charge in [0.25, 0.3) is 0 Å². The molecule has 0 aliphatic carbocycles. The molecule has 0 aromatic heterocycles. The summed E-state index contributed by atoms with van der Waals surface area (Å²) >= 11 is 2.27. The predicted molar refractivity (Wildman–Crippen MR) is 117 cm³/mol. The van der Waals surface area contributed by atoms with Crippen LogP contribution < -0.4 is 19.5 Å². The third kappa shape index (κ3) is 5.29. The third-order valence-electron chi connectivity index (χ3n) is 3.90. The minimum Gasteiger partial charge on any atom is -0.492 e. The van der Waals surface area contributed by atoms with Crippen molar-refractivity contribution in [3.05, 3.63) is 75.9 Å². The molecule has 3 aromatic rings. The fraction of sp³-hybridized carbons (Fsp3) is 0.182. The van der Waals surface area contributed by atoms with Gasteiger partial charge < -0.3 is 19.5 Å². The molecule has 0 aliphatic rings. The van der Waals surface area contributed by atoms with Crippen LogP contribution in [0.2, 0.25) is 0 Å². The van der Waals surface area contributed by atoms with Crippen LogP contribution in [0.4, 0.5) is 5.69 Å². The zero-order chi connectivity index (χ0) is 19.1. The molecule has 0 bridgehead atoms. The van der Waals surface area contributed by atoms with Crippen molar-refractivity contribution in [1.82, 2.24) is 0 Å². The lowest BCUT2D eigenvalue weighted by Gasteiger charge is -2.14. The van der Waals surface area contributed by atoms with Gasteiger partial charge in [0.05, 0.1) is 17.3 Å². The monoisotopic (exact) mass is 475 g/mol. The highest BCUT2D eigenvalue weighted by Crippen LogP contribution is 2.34. The largest absolute Gasteiger partial charge is 0.492 e. The molecule has 0 spiro atoms. The zero-order valence-corrected chi connectivity index (χ0v) is 17.5. The Bertz CT molecular complexity index is 867. The summed E-state index contributed by atoms with van der Waals surface area (Å²) in [4.78, 5) is 0. The molecule has 0 atom stereocenters. The second kappa shape index (κ2) is 9.50. The molecule has 3 aromatic carbocycles. The number of anilines is 1. The van der Waals surface area contributed by atoms with E-state index in [1.165, 1.54) is 0 Å². The van der Waals surface area contributed by atoms with E-state index >= 15 is 0 Å². The zero-order valence-electron chi connectivity index (χ0n) is 15.4. The van der Waals surface area contributed by atoms with Crippen LogP contribution in [0.1, 0.15) is 12.5 Å². The quantitative estimate of drug-likeness (QED) is 0.400. The summed E-state index contributed by atoms with van der Waals surface area (Å²) < 4.78 is 18.0. The van der Waals surface area contributed by atoms with Crippen molar-refractivity contribution in [2.45, 2.75) is 13.5 Å². The second-order valence-electron chi connectivity index (χ2n) is 5.84. The van der Waals surface area contributed by atoms with Crippen molar-refractivity contribution < 1.29 is 14.2 Å². The van der Waals surface area contributed by atoms with Gasteiger partial charge in [-0.1, -0.05) is 18.2 Å². The average Bonchev–Trinajstić information content (AvgIpc) is 2.68. The van der Waals surface area contributed by atoms with Gasteiger partial charge in [-0.2, -0.15) is 0 Å². The lowest BCUT2D eigenvalue weighted by atomic mass is 10.2. The van der Waals surface area contributed by atoms with Crippen LogP contribution in [-0.2, 0) is 6.54 Å². The average molecular weight is 475 g/mol. The Hall–Kier alpha value is -2.41. The molecule has 0 unspecified atom stereocenters. The number of halogens is 1. The summed E-state index contributed by atoms with van der Waals surface area (Å²) in [6.07, 6.45) is 0. The first kappa shape index (κ1) is 19.4. The second-order valence-corrected chi connectivity index (χ2v) is 7.00. The molecule has 1 N–H and O–H groups in total. The topological polar surface area (TPSA) is 39.7 Å². The number of benzene rings is 3. The SMILES string of the molecule is CCOc1cc(CNc2ccc(Oc3ccccc3)cc2)cc(I)c1OC. The van der Waals surface area contributed by atoms with Crippen molar-refractivity contribution in [1.29, 1.82) is 0 Å². The van der Waals surface area contributed by atoms with E-state index in [-0.39, 0.29) is 0 Å². The Morgan fingerprint density at radius 1 is 0.926 bits per heavy atom. The highest BCUT2D eigenvalue weighted by Gasteiger charge is 2.11. The van der Waals surface area contributed by atoms with Crippen molar-refractivity contribution in [3.8, 4) is 23.0 Å². The van der Waals surface area contributed by atoms with Gasteiger partial charge in [0, 0.05) is 12.2 Å². The number of methoxy groups -OCH3 is 1. The number of hydrogen-bond acceptors (Lipinski definition) is 4. The van der Waals surface area contributed by atoms with Crippen LogP contribution in [0.25, 0.3) is 0 Å². The number of para-hydroxylation sites is 1. The summed E-state index contributed by atoms with van der Waals surface area (Å²) in [5.74, 6) is 3.19. The Morgan fingerprint density at radius 3 is 2.30 bits per heavy atom. The van der Waals surface area contributed by atoms with Crippen LogP contribution in [0.5, 0.6) is 23.0 Å². The van der Waals surface area contributed by atoms with Gasteiger partial charge in [-0.05, 0) is 83.6 Å². The van der Waals surface area contributed by atoms with Gasteiger partial charge >= 0.3 is 0 Å². The minimum atomic E-state index is 0.603. The normalized spacial score (nSPS) is 10.3. The Labute approximate surface area is 173 Å². The molecule has 140 valence electrons.